The van der Waals surface area contributed by atoms with Gasteiger partial charge in [-0.25, -0.2) is 14.8 Å². The molecule has 2 aromatic rings. The van der Waals surface area contributed by atoms with Crippen molar-refractivity contribution in [3.63, 3.8) is 0 Å². The van der Waals surface area contributed by atoms with Crippen molar-refractivity contribution in [2.45, 2.75) is 37.1 Å². The first-order valence-corrected chi connectivity index (χ1v) is 9.99. The number of ether oxygens (including phenoxy) is 2. The normalized spacial score (nSPS) is 24.0. The zero-order chi connectivity index (χ0) is 22.0. The van der Waals surface area contributed by atoms with Crippen LogP contribution in [0.2, 0.25) is 0 Å². The number of carbonyl (C=O) groups is 1. The Labute approximate surface area is 176 Å². The minimum absolute atomic E-state index is 0.0156. The van der Waals surface area contributed by atoms with Crippen molar-refractivity contribution in [2.75, 3.05) is 31.3 Å². The molecule has 1 aromatic heterocycles. The molecule has 2 saturated heterocycles. The summed E-state index contributed by atoms with van der Waals surface area (Å²) in [4.78, 5) is 21.4. The number of aromatic carboxylic acids is 1. The number of carboxylic acids is 1. The molecule has 2 fully saturated rings. The number of hydrogen-bond donors (Lipinski definition) is 1. The quantitative estimate of drug-likeness (QED) is 0.742. The first-order chi connectivity index (χ1) is 14.8. The molecule has 1 unspecified atom stereocenters. The molecule has 10 heteroatoms. The molecule has 2 aliphatic heterocycles. The molecule has 4 rings (SSSR count). The van der Waals surface area contributed by atoms with Gasteiger partial charge >= 0.3 is 12.1 Å². The fraction of sp³-hybridized carbons (Fsp3) is 0.476. The van der Waals surface area contributed by atoms with Gasteiger partial charge in [0, 0.05) is 31.5 Å². The van der Waals surface area contributed by atoms with E-state index in [1.54, 1.807) is 0 Å². The Morgan fingerprint density at radius 2 is 1.94 bits per heavy atom. The van der Waals surface area contributed by atoms with Crippen LogP contribution in [-0.4, -0.2) is 59.6 Å². The summed E-state index contributed by atoms with van der Waals surface area (Å²) in [6.07, 6.45) is -0.388. The summed E-state index contributed by atoms with van der Waals surface area (Å²) in [6.45, 7) is 2.09. The second-order valence-corrected chi connectivity index (χ2v) is 7.75. The largest absolute Gasteiger partial charge is 0.478 e. The Morgan fingerprint density at radius 1 is 1.23 bits per heavy atom. The van der Waals surface area contributed by atoms with E-state index in [-0.39, 0.29) is 23.6 Å². The number of rotatable bonds is 6. The zero-order valence-corrected chi connectivity index (χ0v) is 16.6. The molecular weight excluding hydrogens is 415 g/mol. The highest BCUT2D eigenvalue weighted by Crippen LogP contribution is 2.36. The highest BCUT2D eigenvalue weighted by molar-refractivity contribution is 5.86. The van der Waals surface area contributed by atoms with Crippen LogP contribution >= 0.6 is 0 Å². The van der Waals surface area contributed by atoms with E-state index in [2.05, 4.69) is 9.97 Å². The average Bonchev–Trinajstić information content (AvgIpc) is 3.42. The molecule has 3 heterocycles. The first kappa shape index (κ1) is 21.5. The van der Waals surface area contributed by atoms with Gasteiger partial charge in [0.25, 0.3) is 0 Å². The molecule has 0 spiro atoms. The van der Waals surface area contributed by atoms with Crippen molar-refractivity contribution in [3.05, 3.63) is 53.3 Å². The summed E-state index contributed by atoms with van der Waals surface area (Å²) in [6, 6.07) is 5.11. The first-order valence-electron chi connectivity index (χ1n) is 9.99. The molecular formula is C21H22F3N3O4. The van der Waals surface area contributed by atoms with Gasteiger partial charge in [0.1, 0.15) is 0 Å². The summed E-state index contributed by atoms with van der Waals surface area (Å²) < 4.78 is 50.0. The molecule has 0 bridgehead atoms. The van der Waals surface area contributed by atoms with Crippen LogP contribution in [0.25, 0.3) is 0 Å². The third kappa shape index (κ3) is 4.96. The topological polar surface area (TPSA) is 84.8 Å². The maximum Gasteiger partial charge on any atom is 0.416 e. The number of alkyl halides is 3. The molecule has 166 valence electrons. The molecule has 3 atom stereocenters. The van der Waals surface area contributed by atoms with E-state index in [1.807, 2.05) is 4.90 Å². The minimum Gasteiger partial charge on any atom is -0.478 e. The summed E-state index contributed by atoms with van der Waals surface area (Å²) in [5.41, 5.74) is 0.102. The maximum atomic E-state index is 12.9. The Kier molecular flexibility index (Phi) is 6.10. The lowest BCUT2D eigenvalue weighted by molar-refractivity contribution is -0.137. The number of carboxylic acid groups (broad SMARTS) is 1. The van der Waals surface area contributed by atoms with Crippen molar-refractivity contribution < 1.29 is 32.5 Å². The molecule has 0 saturated carbocycles. The third-order valence-electron chi connectivity index (χ3n) is 5.68. The molecule has 31 heavy (non-hydrogen) atoms. The van der Waals surface area contributed by atoms with Crippen LogP contribution in [0.1, 0.15) is 40.2 Å². The summed E-state index contributed by atoms with van der Waals surface area (Å²) >= 11 is 0. The van der Waals surface area contributed by atoms with E-state index < -0.39 is 17.7 Å². The Morgan fingerprint density at radius 3 is 2.52 bits per heavy atom. The molecule has 1 aromatic carbocycles. The third-order valence-corrected chi connectivity index (χ3v) is 5.68. The average molecular weight is 437 g/mol. The Hall–Kier alpha value is -2.72. The van der Waals surface area contributed by atoms with Crippen LogP contribution in [-0.2, 0) is 15.7 Å². The molecule has 1 N–H and O–H groups in total. The summed E-state index contributed by atoms with van der Waals surface area (Å²) in [7, 11) is 0. The number of aromatic nitrogens is 2. The zero-order valence-electron chi connectivity index (χ0n) is 16.6. The van der Waals surface area contributed by atoms with Crippen molar-refractivity contribution in [3.8, 4) is 0 Å². The lowest BCUT2D eigenvalue weighted by Crippen LogP contribution is -2.36. The summed E-state index contributed by atoms with van der Waals surface area (Å²) in [5.74, 6) is -0.772. The van der Waals surface area contributed by atoms with E-state index in [9.17, 15) is 18.0 Å². The lowest BCUT2D eigenvalue weighted by atomic mass is 9.95. The van der Waals surface area contributed by atoms with Gasteiger partial charge in [-0.05, 0) is 30.5 Å². The van der Waals surface area contributed by atoms with Crippen LogP contribution in [0.3, 0.4) is 0 Å². The molecule has 2 aliphatic rings. The van der Waals surface area contributed by atoms with Gasteiger partial charge < -0.3 is 19.5 Å². The second-order valence-electron chi connectivity index (χ2n) is 7.75. The highest BCUT2D eigenvalue weighted by Gasteiger charge is 2.36. The van der Waals surface area contributed by atoms with Crippen LogP contribution in [0.4, 0.5) is 19.1 Å². The van der Waals surface area contributed by atoms with E-state index in [4.69, 9.17) is 14.6 Å². The van der Waals surface area contributed by atoms with E-state index in [1.165, 1.54) is 24.5 Å². The van der Waals surface area contributed by atoms with Gasteiger partial charge in [-0.15, -0.1) is 0 Å². The number of nitrogens with zero attached hydrogens (tertiary/aromatic N) is 3. The van der Waals surface area contributed by atoms with E-state index >= 15 is 0 Å². The van der Waals surface area contributed by atoms with Crippen molar-refractivity contribution in [1.29, 1.82) is 0 Å². The van der Waals surface area contributed by atoms with Gasteiger partial charge in [-0.3, -0.25) is 0 Å². The molecule has 0 aliphatic carbocycles. The number of hydrogen-bond acceptors (Lipinski definition) is 6. The van der Waals surface area contributed by atoms with Crippen LogP contribution in [0, 0.1) is 0 Å². The van der Waals surface area contributed by atoms with Gasteiger partial charge in [-0.1, -0.05) is 12.1 Å². The predicted molar refractivity (Wildman–Crippen MR) is 104 cm³/mol. The van der Waals surface area contributed by atoms with E-state index in [0.717, 1.165) is 24.1 Å². The number of anilines is 1. The monoisotopic (exact) mass is 437 g/mol. The predicted octanol–water partition coefficient (Wildman–Crippen LogP) is 3.36. The Bertz CT molecular complexity index is 900. The summed E-state index contributed by atoms with van der Waals surface area (Å²) in [5, 5.41) is 9.06. The Balaban J connectivity index is 1.52. The van der Waals surface area contributed by atoms with Crippen LogP contribution < -0.4 is 4.90 Å². The van der Waals surface area contributed by atoms with Crippen molar-refractivity contribution in [2.24, 2.45) is 0 Å². The lowest BCUT2D eigenvalue weighted by Gasteiger charge is -2.25. The van der Waals surface area contributed by atoms with Crippen molar-refractivity contribution >= 4 is 11.9 Å². The van der Waals surface area contributed by atoms with Crippen molar-refractivity contribution in [1.82, 2.24) is 9.97 Å². The standard InChI is InChI=1S/C21H22F3N3O4/c22-21(23,24)16-3-1-13(2-4-16)14-7-17(11-31-18-5-6-30-12-18)27(10-14)20-25-8-15(9-26-20)19(28)29/h1-4,8-9,14,17-18H,5-7,10-12H2,(H,28,29)/t14?,17-,18-/m0/s1. The van der Waals surface area contributed by atoms with Crippen LogP contribution in [0.5, 0.6) is 0 Å². The molecule has 0 amide bonds. The smallest absolute Gasteiger partial charge is 0.416 e. The van der Waals surface area contributed by atoms with E-state index in [0.29, 0.717) is 38.7 Å². The van der Waals surface area contributed by atoms with Gasteiger partial charge in [0.2, 0.25) is 5.95 Å². The second kappa shape index (κ2) is 8.80. The maximum absolute atomic E-state index is 12.9. The number of halogens is 3. The number of benzene rings is 1. The fourth-order valence-electron chi connectivity index (χ4n) is 3.98. The molecule has 0 radical (unpaired) electrons. The fourth-order valence-corrected chi connectivity index (χ4v) is 3.98. The van der Waals surface area contributed by atoms with Gasteiger partial charge in [-0.2, -0.15) is 13.2 Å². The SMILES string of the molecule is O=C(O)c1cnc(N2CC(c3ccc(C(F)(F)F)cc3)C[C@H]2CO[C@H]2CCOC2)nc1. The van der Waals surface area contributed by atoms with Crippen LogP contribution in [0.15, 0.2) is 36.7 Å². The minimum atomic E-state index is -4.38. The van der Waals surface area contributed by atoms with Gasteiger partial charge in [0.05, 0.1) is 36.5 Å². The molecule has 7 nitrogen and oxygen atoms in total. The highest BCUT2D eigenvalue weighted by atomic mass is 19.4. The van der Waals surface area contributed by atoms with Gasteiger partial charge in [0.15, 0.2) is 0 Å².